The average Bonchev–Trinajstić information content (AvgIpc) is 3.08. The highest BCUT2D eigenvalue weighted by atomic mass is 32.1. The van der Waals surface area contributed by atoms with Gasteiger partial charge in [0.25, 0.3) is 0 Å². The Morgan fingerprint density at radius 3 is 2.65 bits per heavy atom. The number of rotatable bonds is 7. The molecule has 1 aliphatic carbocycles. The molecular weight excluding hydrogens is 268 g/mol. The summed E-state index contributed by atoms with van der Waals surface area (Å²) in [7, 11) is 1.76. The minimum Gasteiger partial charge on any atom is -0.383 e. The van der Waals surface area contributed by atoms with Crippen LogP contribution < -0.4 is 5.32 Å². The average molecular weight is 296 g/mol. The lowest BCUT2D eigenvalue weighted by Gasteiger charge is -2.35. The largest absolute Gasteiger partial charge is 0.383 e. The second-order valence-electron chi connectivity index (χ2n) is 5.98. The first kappa shape index (κ1) is 15.9. The van der Waals surface area contributed by atoms with Crippen LogP contribution in [-0.4, -0.2) is 25.2 Å². The summed E-state index contributed by atoms with van der Waals surface area (Å²) in [5.74, 6) is 0.703. The van der Waals surface area contributed by atoms with E-state index in [1.54, 1.807) is 7.11 Å². The second kappa shape index (κ2) is 7.01. The summed E-state index contributed by atoms with van der Waals surface area (Å²) in [6.45, 7) is 8.38. The molecule has 1 atom stereocenters. The van der Waals surface area contributed by atoms with Gasteiger partial charge in [-0.25, -0.2) is 4.98 Å². The molecule has 20 heavy (non-hydrogen) atoms. The van der Waals surface area contributed by atoms with Crippen molar-refractivity contribution in [2.45, 2.75) is 58.4 Å². The van der Waals surface area contributed by atoms with Crippen LogP contribution in [0.5, 0.6) is 0 Å². The molecule has 1 saturated carbocycles. The Morgan fingerprint density at radius 1 is 1.40 bits per heavy atom. The van der Waals surface area contributed by atoms with E-state index in [2.05, 4.69) is 26.1 Å². The Morgan fingerprint density at radius 2 is 2.10 bits per heavy atom. The molecule has 0 saturated heterocycles. The Balaban J connectivity index is 2.23. The van der Waals surface area contributed by atoms with E-state index in [0.29, 0.717) is 5.92 Å². The Kier molecular flexibility index (Phi) is 5.58. The fraction of sp³-hybridized carbons (Fsp3) is 0.812. The third-order valence-corrected chi connectivity index (χ3v) is 5.89. The number of hydrogen-bond acceptors (Lipinski definition) is 4. The number of hydrogen-bond donors (Lipinski definition) is 1. The van der Waals surface area contributed by atoms with E-state index in [9.17, 15) is 0 Å². The molecule has 1 fully saturated rings. The highest BCUT2D eigenvalue weighted by Crippen LogP contribution is 2.42. The van der Waals surface area contributed by atoms with E-state index in [0.717, 1.165) is 19.6 Å². The standard InChI is InChI=1S/C16H28N2OS/c1-5-14-12(2)20-15(18-14)16(3,17-10-11-19-4)13-8-6-7-9-13/h13,17H,5-11H2,1-4H3. The third-order valence-electron chi connectivity index (χ3n) is 4.64. The summed E-state index contributed by atoms with van der Waals surface area (Å²) < 4.78 is 5.21. The molecule has 114 valence electrons. The minimum atomic E-state index is 0.0118. The molecular formula is C16H28N2OS. The van der Waals surface area contributed by atoms with Crippen molar-refractivity contribution < 1.29 is 4.74 Å². The molecule has 0 aromatic carbocycles. The molecule has 0 bridgehead atoms. The van der Waals surface area contributed by atoms with Gasteiger partial charge in [-0.05, 0) is 39.0 Å². The van der Waals surface area contributed by atoms with Gasteiger partial charge in [0, 0.05) is 18.5 Å². The van der Waals surface area contributed by atoms with Gasteiger partial charge in [-0.15, -0.1) is 11.3 Å². The fourth-order valence-corrected chi connectivity index (χ4v) is 4.49. The maximum Gasteiger partial charge on any atom is 0.113 e. The van der Waals surface area contributed by atoms with Crippen molar-refractivity contribution in [3.05, 3.63) is 15.6 Å². The van der Waals surface area contributed by atoms with Crippen LogP contribution in [-0.2, 0) is 16.7 Å². The molecule has 1 aliphatic rings. The number of nitrogens with zero attached hydrogens (tertiary/aromatic N) is 1. The first-order valence-corrected chi connectivity index (χ1v) is 8.64. The van der Waals surface area contributed by atoms with Crippen LogP contribution in [0, 0.1) is 12.8 Å². The molecule has 1 N–H and O–H groups in total. The lowest BCUT2D eigenvalue weighted by molar-refractivity contribution is 0.166. The van der Waals surface area contributed by atoms with Crippen LogP contribution in [0.15, 0.2) is 0 Å². The number of nitrogens with one attached hydrogen (secondary N) is 1. The van der Waals surface area contributed by atoms with Crippen LogP contribution >= 0.6 is 11.3 Å². The van der Waals surface area contributed by atoms with Crippen LogP contribution in [0.3, 0.4) is 0 Å². The lowest BCUT2D eigenvalue weighted by atomic mass is 9.84. The van der Waals surface area contributed by atoms with Gasteiger partial charge in [-0.1, -0.05) is 19.8 Å². The van der Waals surface area contributed by atoms with Crippen LogP contribution in [0.1, 0.15) is 55.1 Å². The summed E-state index contributed by atoms with van der Waals surface area (Å²) in [6.07, 6.45) is 6.38. The molecule has 2 rings (SSSR count). The maximum atomic E-state index is 5.21. The predicted molar refractivity (Wildman–Crippen MR) is 85.4 cm³/mol. The van der Waals surface area contributed by atoms with Gasteiger partial charge in [0.2, 0.25) is 0 Å². The monoisotopic (exact) mass is 296 g/mol. The van der Waals surface area contributed by atoms with Gasteiger partial charge in [-0.2, -0.15) is 0 Å². The molecule has 4 heteroatoms. The lowest BCUT2D eigenvalue weighted by Crippen LogP contribution is -2.46. The van der Waals surface area contributed by atoms with Crippen molar-refractivity contribution in [3.63, 3.8) is 0 Å². The summed E-state index contributed by atoms with van der Waals surface area (Å²) >= 11 is 1.88. The molecule has 3 nitrogen and oxygen atoms in total. The summed E-state index contributed by atoms with van der Waals surface area (Å²) in [5, 5.41) is 5.02. The molecule has 0 radical (unpaired) electrons. The van der Waals surface area contributed by atoms with Crippen molar-refractivity contribution >= 4 is 11.3 Å². The second-order valence-corrected chi connectivity index (χ2v) is 7.18. The van der Waals surface area contributed by atoms with Crippen LogP contribution in [0.4, 0.5) is 0 Å². The van der Waals surface area contributed by atoms with Crippen molar-refractivity contribution in [1.82, 2.24) is 10.3 Å². The van der Waals surface area contributed by atoms with E-state index in [4.69, 9.17) is 9.72 Å². The van der Waals surface area contributed by atoms with Gasteiger partial charge in [0.1, 0.15) is 5.01 Å². The fourth-order valence-electron chi connectivity index (χ4n) is 3.29. The Hall–Kier alpha value is -0.450. The Bertz CT molecular complexity index is 426. The van der Waals surface area contributed by atoms with Crippen LogP contribution in [0.2, 0.25) is 0 Å². The van der Waals surface area contributed by atoms with Gasteiger partial charge >= 0.3 is 0 Å². The highest BCUT2D eigenvalue weighted by Gasteiger charge is 2.39. The van der Waals surface area contributed by atoms with Crippen molar-refractivity contribution in [1.29, 1.82) is 0 Å². The van der Waals surface area contributed by atoms with Crippen LogP contribution in [0.25, 0.3) is 0 Å². The van der Waals surface area contributed by atoms with Gasteiger partial charge in [0.15, 0.2) is 0 Å². The van der Waals surface area contributed by atoms with E-state index in [1.807, 2.05) is 11.3 Å². The maximum absolute atomic E-state index is 5.21. The zero-order chi connectivity index (χ0) is 14.6. The number of thiazole rings is 1. The number of methoxy groups -OCH3 is 1. The third kappa shape index (κ3) is 3.23. The Labute approximate surface area is 127 Å². The zero-order valence-electron chi connectivity index (χ0n) is 13.3. The summed E-state index contributed by atoms with van der Waals surface area (Å²) in [5.41, 5.74) is 1.28. The SMILES string of the molecule is CCc1nc(C(C)(NCCOC)C2CCCC2)sc1C. The molecule has 0 aliphatic heterocycles. The highest BCUT2D eigenvalue weighted by molar-refractivity contribution is 7.11. The molecule has 0 amide bonds. The van der Waals surface area contributed by atoms with Gasteiger partial charge in [0.05, 0.1) is 17.8 Å². The molecule has 1 aromatic heterocycles. The van der Waals surface area contributed by atoms with Crippen molar-refractivity contribution in [2.75, 3.05) is 20.3 Å². The minimum absolute atomic E-state index is 0.0118. The van der Waals surface area contributed by atoms with Gasteiger partial charge in [-0.3, -0.25) is 0 Å². The zero-order valence-corrected chi connectivity index (χ0v) is 14.1. The summed E-state index contributed by atoms with van der Waals surface area (Å²) in [6, 6.07) is 0. The first-order valence-electron chi connectivity index (χ1n) is 7.82. The molecule has 1 aromatic rings. The molecule has 1 unspecified atom stereocenters. The quantitative estimate of drug-likeness (QED) is 0.780. The summed E-state index contributed by atoms with van der Waals surface area (Å²) in [4.78, 5) is 6.31. The number of ether oxygens (including phenoxy) is 1. The smallest absolute Gasteiger partial charge is 0.113 e. The molecule has 1 heterocycles. The molecule has 0 spiro atoms. The van der Waals surface area contributed by atoms with Crippen molar-refractivity contribution in [3.8, 4) is 0 Å². The van der Waals surface area contributed by atoms with E-state index in [-0.39, 0.29) is 5.54 Å². The first-order chi connectivity index (χ1) is 9.61. The van der Waals surface area contributed by atoms with E-state index in [1.165, 1.54) is 41.3 Å². The number of aromatic nitrogens is 1. The predicted octanol–water partition coefficient (Wildman–Crippen LogP) is 3.66. The van der Waals surface area contributed by atoms with E-state index >= 15 is 0 Å². The normalized spacial score (nSPS) is 19.4. The topological polar surface area (TPSA) is 34.2 Å². The van der Waals surface area contributed by atoms with Gasteiger partial charge < -0.3 is 10.1 Å². The number of aryl methyl sites for hydroxylation is 2. The van der Waals surface area contributed by atoms with Crippen molar-refractivity contribution in [2.24, 2.45) is 5.92 Å². The van der Waals surface area contributed by atoms with E-state index < -0.39 is 0 Å².